The molecule has 0 unspecified atom stereocenters. The Balaban J connectivity index is 0.000000587. The fourth-order valence-corrected chi connectivity index (χ4v) is 5.08. The fourth-order valence-electron chi connectivity index (χ4n) is 5.08. The standard InChI is InChI=1S/C27H35N3O4.C2HF3O2/c1-21(2)19-34-25-9-4-3-7-23(25)18-28-13-10-27(11-14-28)12-15-29(20-27)26(31)17-22-6-5-8-24(16-22)30(32)33;3-2(4,5)1(6)7/h3-9,16,21H,10-15,17-20H2,1-2H3;(H,6,7). The molecular weight excluding hydrogens is 543 g/mol. The highest BCUT2D eigenvalue weighted by Gasteiger charge is 2.42. The number of ether oxygens (including phenoxy) is 1. The molecule has 0 bridgehead atoms. The van der Waals surface area contributed by atoms with Crippen LogP contribution in [0.2, 0.25) is 0 Å². The van der Waals surface area contributed by atoms with Crippen LogP contribution in [0, 0.1) is 21.4 Å². The molecule has 4 rings (SSSR count). The number of carboxylic acids is 1. The van der Waals surface area contributed by atoms with Gasteiger partial charge in [-0.05, 0) is 55.3 Å². The molecule has 0 aromatic heterocycles. The highest BCUT2D eigenvalue weighted by Crippen LogP contribution is 2.41. The lowest BCUT2D eigenvalue weighted by atomic mass is 9.77. The van der Waals surface area contributed by atoms with E-state index in [0.29, 0.717) is 11.5 Å². The zero-order chi connectivity index (χ0) is 30.2. The molecule has 2 aromatic rings. The van der Waals surface area contributed by atoms with E-state index in [2.05, 4.69) is 36.9 Å². The van der Waals surface area contributed by atoms with Crippen LogP contribution >= 0.6 is 0 Å². The van der Waals surface area contributed by atoms with E-state index >= 15 is 0 Å². The number of non-ortho nitro benzene ring substituents is 1. The number of hydrogen-bond donors (Lipinski definition) is 1. The van der Waals surface area contributed by atoms with Gasteiger partial charge >= 0.3 is 12.1 Å². The van der Waals surface area contributed by atoms with Crippen LogP contribution in [0.1, 0.15) is 44.2 Å². The highest BCUT2D eigenvalue weighted by molar-refractivity contribution is 5.79. The van der Waals surface area contributed by atoms with Gasteiger partial charge in [0.15, 0.2) is 0 Å². The zero-order valence-corrected chi connectivity index (χ0v) is 23.2. The number of aliphatic carboxylic acids is 1. The molecule has 9 nitrogen and oxygen atoms in total. The van der Waals surface area contributed by atoms with Crippen molar-refractivity contribution < 1.29 is 37.5 Å². The second-order valence-corrected chi connectivity index (χ2v) is 11.1. The Morgan fingerprint density at radius 3 is 2.32 bits per heavy atom. The number of carbonyl (C=O) groups excluding carboxylic acids is 1. The Morgan fingerprint density at radius 1 is 1.07 bits per heavy atom. The van der Waals surface area contributed by atoms with E-state index in [1.165, 1.54) is 17.7 Å². The SMILES string of the molecule is CC(C)COc1ccccc1CN1CCC2(CC1)CCN(C(=O)Cc1cccc([N+](=O)[O-])c1)C2.O=C(O)C(F)(F)F. The van der Waals surface area contributed by atoms with Crippen LogP contribution in [0.3, 0.4) is 0 Å². The summed E-state index contributed by atoms with van der Waals surface area (Å²) < 4.78 is 37.8. The molecular formula is C29H36F3N3O6. The number of para-hydroxylation sites is 1. The number of halogens is 3. The molecule has 0 aliphatic carbocycles. The van der Waals surface area contributed by atoms with E-state index in [-0.39, 0.29) is 23.4 Å². The largest absolute Gasteiger partial charge is 0.493 e. The number of carbonyl (C=O) groups is 2. The Kier molecular flexibility index (Phi) is 10.7. The van der Waals surface area contributed by atoms with Crippen molar-refractivity contribution in [3.05, 3.63) is 69.8 Å². The normalized spacial score (nSPS) is 16.8. The lowest BCUT2D eigenvalue weighted by Gasteiger charge is -2.39. The minimum absolute atomic E-state index is 0.0340. The summed E-state index contributed by atoms with van der Waals surface area (Å²) in [5.41, 5.74) is 2.17. The Morgan fingerprint density at radius 2 is 1.71 bits per heavy atom. The minimum Gasteiger partial charge on any atom is -0.493 e. The smallest absolute Gasteiger partial charge is 0.490 e. The maximum atomic E-state index is 12.9. The topological polar surface area (TPSA) is 113 Å². The van der Waals surface area contributed by atoms with Crippen LogP contribution in [0.4, 0.5) is 18.9 Å². The molecule has 2 aliphatic rings. The van der Waals surface area contributed by atoms with Crippen LogP contribution in [-0.2, 0) is 22.6 Å². The number of benzene rings is 2. The summed E-state index contributed by atoms with van der Waals surface area (Å²) in [6.07, 6.45) is -1.65. The summed E-state index contributed by atoms with van der Waals surface area (Å²) in [5.74, 6) is -1.22. The van der Waals surface area contributed by atoms with Gasteiger partial charge in [-0.25, -0.2) is 4.79 Å². The monoisotopic (exact) mass is 579 g/mol. The van der Waals surface area contributed by atoms with Crippen LogP contribution in [-0.4, -0.2) is 70.7 Å². The van der Waals surface area contributed by atoms with Crippen molar-refractivity contribution in [1.29, 1.82) is 0 Å². The molecule has 0 atom stereocenters. The van der Waals surface area contributed by atoms with Gasteiger partial charge in [-0.2, -0.15) is 13.2 Å². The minimum atomic E-state index is -5.08. The molecule has 1 N–H and O–H groups in total. The van der Waals surface area contributed by atoms with Crippen molar-refractivity contribution in [3.8, 4) is 5.75 Å². The Hall–Kier alpha value is -3.67. The maximum Gasteiger partial charge on any atom is 0.490 e. The predicted molar refractivity (Wildman–Crippen MR) is 145 cm³/mol. The first-order valence-corrected chi connectivity index (χ1v) is 13.5. The van der Waals surface area contributed by atoms with E-state index in [1.807, 2.05) is 11.0 Å². The van der Waals surface area contributed by atoms with Gasteiger partial charge in [-0.15, -0.1) is 0 Å². The summed E-state index contributed by atoms with van der Waals surface area (Å²) in [6, 6.07) is 14.7. The lowest BCUT2D eigenvalue weighted by molar-refractivity contribution is -0.384. The molecule has 224 valence electrons. The summed E-state index contributed by atoms with van der Waals surface area (Å²) >= 11 is 0. The fraction of sp³-hybridized carbons (Fsp3) is 0.517. The molecule has 2 fully saturated rings. The number of piperidine rings is 1. The first kappa shape index (κ1) is 31.9. The van der Waals surface area contributed by atoms with E-state index in [1.54, 1.807) is 12.1 Å². The van der Waals surface area contributed by atoms with E-state index in [9.17, 15) is 28.1 Å². The van der Waals surface area contributed by atoms with Crippen molar-refractivity contribution in [2.24, 2.45) is 11.3 Å². The highest BCUT2D eigenvalue weighted by atomic mass is 19.4. The first-order valence-electron chi connectivity index (χ1n) is 13.5. The van der Waals surface area contributed by atoms with E-state index in [0.717, 1.165) is 64.3 Å². The number of nitro groups is 1. The number of nitro benzene ring substituents is 1. The van der Waals surface area contributed by atoms with Gasteiger partial charge in [0.05, 0.1) is 18.0 Å². The predicted octanol–water partition coefficient (Wildman–Crippen LogP) is 5.32. The summed E-state index contributed by atoms with van der Waals surface area (Å²) in [4.78, 5) is 36.9. The third kappa shape index (κ3) is 9.44. The Labute approximate surface area is 237 Å². The lowest BCUT2D eigenvalue weighted by Crippen LogP contribution is -2.42. The quantitative estimate of drug-likeness (QED) is 0.333. The van der Waals surface area contributed by atoms with Crippen molar-refractivity contribution in [3.63, 3.8) is 0 Å². The molecule has 2 heterocycles. The molecule has 1 amide bonds. The average Bonchev–Trinajstić information content (AvgIpc) is 3.33. The summed E-state index contributed by atoms with van der Waals surface area (Å²) in [7, 11) is 0. The van der Waals surface area contributed by atoms with Crippen molar-refractivity contribution in [2.45, 2.75) is 52.3 Å². The average molecular weight is 580 g/mol. The number of nitrogens with zero attached hydrogens (tertiary/aromatic N) is 3. The number of carboxylic acid groups (broad SMARTS) is 1. The molecule has 12 heteroatoms. The van der Waals surface area contributed by atoms with Gasteiger partial charge in [-0.3, -0.25) is 19.8 Å². The third-order valence-corrected chi connectivity index (χ3v) is 7.37. The van der Waals surface area contributed by atoms with Crippen LogP contribution in [0.25, 0.3) is 0 Å². The Bertz CT molecular complexity index is 1210. The van der Waals surface area contributed by atoms with Crippen molar-refractivity contribution in [2.75, 3.05) is 32.8 Å². The molecule has 1 spiro atoms. The van der Waals surface area contributed by atoms with Crippen LogP contribution in [0.15, 0.2) is 48.5 Å². The van der Waals surface area contributed by atoms with E-state index in [4.69, 9.17) is 14.6 Å². The number of amides is 1. The van der Waals surface area contributed by atoms with Crippen LogP contribution in [0.5, 0.6) is 5.75 Å². The zero-order valence-electron chi connectivity index (χ0n) is 23.2. The molecule has 2 saturated heterocycles. The molecule has 0 saturated carbocycles. The molecule has 41 heavy (non-hydrogen) atoms. The van der Waals surface area contributed by atoms with Gasteiger partial charge in [0, 0.05) is 37.3 Å². The number of alkyl halides is 3. The summed E-state index contributed by atoms with van der Waals surface area (Å²) in [5, 5.41) is 18.1. The van der Waals surface area contributed by atoms with Gasteiger partial charge < -0.3 is 14.7 Å². The molecule has 2 aliphatic heterocycles. The van der Waals surface area contributed by atoms with Gasteiger partial charge in [0.2, 0.25) is 5.91 Å². The van der Waals surface area contributed by atoms with Gasteiger partial charge in [0.25, 0.3) is 5.69 Å². The van der Waals surface area contributed by atoms with Crippen LogP contribution < -0.4 is 4.74 Å². The molecule has 2 aromatic carbocycles. The van der Waals surface area contributed by atoms with E-state index < -0.39 is 17.1 Å². The summed E-state index contributed by atoms with van der Waals surface area (Å²) in [6.45, 7) is 9.54. The number of likely N-dealkylation sites (tertiary alicyclic amines) is 2. The number of rotatable bonds is 8. The van der Waals surface area contributed by atoms with Gasteiger partial charge in [0.1, 0.15) is 5.75 Å². The van der Waals surface area contributed by atoms with Gasteiger partial charge in [-0.1, -0.05) is 44.2 Å². The first-order chi connectivity index (χ1) is 19.3. The van der Waals surface area contributed by atoms with Crippen molar-refractivity contribution >= 4 is 17.6 Å². The third-order valence-electron chi connectivity index (χ3n) is 7.37. The number of hydrogen-bond acceptors (Lipinski definition) is 6. The van der Waals surface area contributed by atoms with Crippen molar-refractivity contribution in [1.82, 2.24) is 9.80 Å². The second kappa shape index (κ2) is 13.8. The molecule has 0 radical (unpaired) electrons. The maximum absolute atomic E-state index is 12.9. The second-order valence-electron chi connectivity index (χ2n) is 11.1.